The Morgan fingerprint density at radius 1 is 1.53 bits per heavy atom. The van der Waals surface area contributed by atoms with Gasteiger partial charge >= 0.3 is 0 Å². The van der Waals surface area contributed by atoms with Crippen molar-refractivity contribution in [3.63, 3.8) is 0 Å². The average molecular weight is 314 g/mol. The van der Waals surface area contributed by atoms with Gasteiger partial charge in [0.25, 0.3) is 5.91 Å². The summed E-state index contributed by atoms with van der Waals surface area (Å²) < 4.78 is 5.56. The van der Waals surface area contributed by atoms with Crippen LogP contribution >= 0.6 is 27.3 Å². The number of thiophene rings is 1. The number of hydrogen-bond acceptors (Lipinski definition) is 3. The summed E-state index contributed by atoms with van der Waals surface area (Å²) in [5.74, 6) is -0.0495. The molecule has 0 N–H and O–H groups in total. The third-order valence-electron chi connectivity index (χ3n) is 2.70. The molecule has 0 radical (unpaired) electrons. The van der Waals surface area contributed by atoms with E-state index in [1.54, 1.807) is 29.4 Å². The molecule has 0 saturated carbocycles. The highest BCUT2D eigenvalue weighted by Crippen LogP contribution is 2.26. The average Bonchev–Trinajstić information content (AvgIpc) is 2.96. The van der Waals surface area contributed by atoms with Crippen molar-refractivity contribution < 1.29 is 9.21 Å². The molecule has 90 valence electrons. The minimum Gasteiger partial charge on any atom is -0.457 e. The maximum atomic E-state index is 12.2. The molecule has 5 heteroatoms. The van der Waals surface area contributed by atoms with Crippen LogP contribution in [0.5, 0.6) is 0 Å². The molecule has 1 unspecified atom stereocenters. The van der Waals surface area contributed by atoms with E-state index < -0.39 is 0 Å². The monoisotopic (exact) mass is 313 g/mol. The molecular formula is C12H12BrNO2S. The summed E-state index contributed by atoms with van der Waals surface area (Å²) in [6, 6.07) is 5.75. The summed E-state index contributed by atoms with van der Waals surface area (Å²) >= 11 is 4.87. The molecule has 0 bridgehead atoms. The predicted molar refractivity (Wildman–Crippen MR) is 71.2 cm³/mol. The normalized spacial score (nSPS) is 12.4. The fraction of sp³-hybridized carbons (Fsp3) is 0.250. The molecule has 1 atom stereocenters. The second-order valence-electron chi connectivity index (χ2n) is 3.72. The number of nitrogens with zero attached hydrogens (tertiary/aromatic N) is 1. The Hall–Kier alpha value is -1.07. The van der Waals surface area contributed by atoms with E-state index in [1.807, 2.05) is 24.4 Å². The van der Waals surface area contributed by atoms with Crippen LogP contribution in [-0.4, -0.2) is 17.9 Å². The van der Waals surface area contributed by atoms with Gasteiger partial charge in [-0.1, -0.05) is 6.07 Å². The third kappa shape index (κ3) is 2.45. The smallest absolute Gasteiger partial charge is 0.258 e. The van der Waals surface area contributed by atoms with Crippen LogP contribution in [0.25, 0.3) is 0 Å². The molecule has 2 aromatic heterocycles. The van der Waals surface area contributed by atoms with E-state index in [1.165, 1.54) is 11.1 Å². The number of carbonyl (C=O) groups is 1. The molecule has 2 heterocycles. The maximum absolute atomic E-state index is 12.2. The summed E-state index contributed by atoms with van der Waals surface area (Å²) in [4.78, 5) is 15.1. The Labute approximate surface area is 112 Å². The first-order valence-electron chi connectivity index (χ1n) is 5.15. The van der Waals surface area contributed by atoms with Crippen LogP contribution in [-0.2, 0) is 0 Å². The zero-order chi connectivity index (χ0) is 12.4. The van der Waals surface area contributed by atoms with Crippen LogP contribution in [0.4, 0.5) is 0 Å². The van der Waals surface area contributed by atoms with Crippen molar-refractivity contribution in [1.29, 1.82) is 0 Å². The number of furan rings is 1. The molecule has 2 aromatic rings. The SMILES string of the molecule is CC(c1cccs1)N(C)C(=O)c1ccoc1Br. The quantitative estimate of drug-likeness (QED) is 0.860. The van der Waals surface area contributed by atoms with Crippen molar-refractivity contribution in [3.8, 4) is 0 Å². The lowest BCUT2D eigenvalue weighted by atomic mass is 10.2. The number of amides is 1. The minimum atomic E-state index is -0.0495. The van der Waals surface area contributed by atoms with Crippen LogP contribution in [0.1, 0.15) is 28.2 Å². The lowest BCUT2D eigenvalue weighted by molar-refractivity contribution is 0.0743. The lowest BCUT2D eigenvalue weighted by Gasteiger charge is -2.23. The van der Waals surface area contributed by atoms with Gasteiger partial charge in [-0.15, -0.1) is 11.3 Å². The minimum absolute atomic E-state index is 0.0495. The third-order valence-corrected chi connectivity index (χ3v) is 4.36. The van der Waals surface area contributed by atoms with E-state index in [2.05, 4.69) is 15.9 Å². The van der Waals surface area contributed by atoms with Gasteiger partial charge in [0, 0.05) is 11.9 Å². The van der Waals surface area contributed by atoms with Gasteiger partial charge in [-0.05, 0) is 40.4 Å². The highest BCUT2D eigenvalue weighted by molar-refractivity contribution is 9.10. The van der Waals surface area contributed by atoms with Crippen LogP contribution in [0, 0.1) is 0 Å². The molecule has 0 aromatic carbocycles. The fourth-order valence-corrected chi connectivity index (χ4v) is 2.77. The van der Waals surface area contributed by atoms with Gasteiger partial charge < -0.3 is 9.32 Å². The van der Waals surface area contributed by atoms with Crippen LogP contribution in [0.2, 0.25) is 0 Å². The van der Waals surface area contributed by atoms with Gasteiger partial charge in [0.15, 0.2) is 4.67 Å². The van der Waals surface area contributed by atoms with Gasteiger partial charge in [0.05, 0.1) is 17.9 Å². The Balaban J connectivity index is 2.18. The molecule has 0 fully saturated rings. The van der Waals surface area contributed by atoms with E-state index in [-0.39, 0.29) is 11.9 Å². The zero-order valence-corrected chi connectivity index (χ0v) is 11.9. The van der Waals surface area contributed by atoms with Gasteiger partial charge in [-0.3, -0.25) is 4.79 Å². The molecular weight excluding hydrogens is 302 g/mol. The van der Waals surface area contributed by atoms with E-state index in [0.717, 1.165) is 0 Å². The standard InChI is InChI=1S/C12H12BrNO2S/c1-8(10-4-3-7-17-10)14(2)12(15)9-5-6-16-11(9)13/h3-8H,1-2H3. The molecule has 0 aliphatic rings. The Kier molecular flexibility index (Phi) is 3.69. The van der Waals surface area contributed by atoms with Crippen molar-refractivity contribution in [1.82, 2.24) is 4.90 Å². The molecule has 2 rings (SSSR count). The van der Waals surface area contributed by atoms with Gasteiger partial charge in [0.1, 0.15) is 0 Å². The lowest BCUT2D eigenvalue weighted by Crippen LogP contribution is -2.29. The summed E-state index contributed by atoms with van der Waals surface area (Å²) in [7, 11) is 1.80. The van der Waals surface area contributed by atoms with Crippen LogP contribution in [0.15, 0.2) is 38.9 Å². The maximum Gasteiger partial charge on any atom is 0.258 e. The Morgan fingerprint density at radius 2 is 2.29 bits per heavy atom. The number of carbonyl (C=O) groups excluding carboxylic acids is 1. The molecule has 1 amide bonds. The summed E-state index contributed by atoms with van der Waals surface area (Å²) in [5, 5.41) is 2.01. The van der Waals surface area contributed by atoms with E-state index in [0.29, 0.717) is 10.2 Å². The van der Waals surface area contributed by atoms with E-state index >= 15 is 0 Å². The van der Waals surface area contributed by atoms with Crippen LogP contribution < -0.4 is 0 Å². The predicted octanol–water partition coefficient (Wildman–Crippen LogP) is 3.94. The van der Waals surface area contributed by atoms with Gasteiger partial charge in [0.2, 0.25) is 0 Å². The molecule has 0 aliphatic carbocycles. The molecule has 0 saturated heterocycles. The summed E-state index contributed by atoms with van der Waals surface area (Å²) in [6.07, 6.45) is 1.50. The number of halogens is 1. The summed E-state index contributed by atoms with van der Waals surface area (Å²) in [6.45, 7) is 2.01. The molecule has 0 spiro atoms. The molecule has 17 heavy (non-hydrogen) atoms. The number of rotatable bonds is 3. The van der Waals surface area contributed by atoms with Crippen LogP contribution in [0.3, 0.4) is 0 Å². The van der Waals surface area contributed by atoms with Crippen molar-refractivity contribution >= 4 is 33.2 Å². The first kappa shape index (κ1) is 12.4. The van der Waals surface area contributed by atoms with E-state index in [9.17, 15) is 4.79 Å². The van der Waals surface area contributed by atoms with Crippen molar-refractivity contribution in [3.05, 3.63) is 45.0 Å². The highest BCUT2D eigenvalue weighted by Gasteiger charge is 2.22. The van der Waals surface area contributed by atoms with E-state index in [4.69, 9.17) is 4.42 Å². The Bertz CT molecular complexity index is 506. The molecule has 0 aliphatic heterocycles. The van der Waals surface area contributed by atoms with Crippen molar-refractivity contribution in [2.75, 3.05) is 7.05 Å². The topological polar surface area (TPSA) is 33.5 Å². The summed E-state index contributed by atoms with van der Waals surface area (Å²) in [5.41, 5.74) is 0.552. The molecule has 3 nitrogen and oxygen atoms in total. The zero-order valence-electron chi connectivity index (χ0n) is 9.51. The second-order valence-corrected chi connectivity index (χ2v) is 5.41. The Morgan fingerprint density at radius 3 is 2.82 bits per heavy atom. The first-order valence-corrected chi connectivity index (χ1v) is 6.82. The fourth-order valence-electron chi connectivity index (χ4n) is 1.53. The second kappa shape index (κ2) is 5.06. The van der Waals surface area contributed by atoms with Crippen molar-refractivity contribution in [2.45, 2.75) is 13.0 Å². The highest BCUT2D eigenvalue weighted by atomic mass is 79.9. The van der Waals surface area contributed by atoms with Gasteiger partial charge in [-0.2, -0.15) is 0 Å². The van der Waals surface area contributed by atoms with Gasteiger partial charge in [-0.25, -0.2) is 0 Å². The number of hydrogen-bond donors (Lipinski definition) is 0. The van der Waals surface area contributed by atoms with Crippen molar-refractivity contribution in [2.24, 2.45) is 0 Å². The largest absolute Gasteiger partial charge is 0.457 e. The first-order chi connectivity index (χ1) is 8.11.